The van der Waals surface area contributed by atoms with E-state index in [1.165, 1.54) is 5.56 Å². The summed E-state index contributed by atoms with van der Waals surface area (Å²) in [4.78, 5) is 35.0. The third-order valence-corrected chi connectivity index (χ3v) is 6.26. The first kappa shape index (κ1) is 18.8. The fourth-order valence-corrected chi connectivity index (χ4v) is 4.34. The number of aliphatic hydroxyl groups is 1. The highest BCUT2D eigenvalue weighted by molar-refractivity contribution is 5.82. The third kappa shape index (κ3) is 3.13. The van der Waals surface area contributed by atoms with Crippen molar-refractivity contribution in [3.05, 3.63) is 99.2 Å². The standard InChI is InChI=1S/C24H23N3O3/c28-20(16-7-3-1-4-8-16)22(30)27-14-11-19-18(15-27)21(29)26-23(25-19)24(12-13-24)17-9-5-2-6-10-17/h1-10,20,28H,11-15H2,(H,25,26,29)/t20-/m0/s1. The Bertz CT molecular complexity index is 1140. The van der Waals surface area contributed by atoms with E-state index in [1.54, 1.807) is 29.2 Å². The highest BCUT2D eigenvalue weighted by Gasteiger charge is 2.48. The van der Waals surface area contributed by atoms with E-state index < -0.39 is 12.0 Å². The Morgan fingerprint density at radius 2 is 1.73 bits per heavy atom. The van der Waals surface area contributed by atoms with Gasteiger partial charge in [0.05, 0.1) is 23.2 Å². The van der Waals surface area contributed by atoms with E-state index in [4.69, 9.17) is 4.98 Å². The van der Waals surface area contributed by atoms with Crippen LogP contribution in [0.15, 0.2) is 65.5 Å². The number of fused-ring (bicyclic) bond motifs is 1. The van der Waals surface area contributed by atoms with Gasteiger partial charge in [0.15, 0.2) is 6.10 Å². The minimum atomic E-state index is -1.23. The van der Waals surface area contributed by atoms with Crippen molar-refractivity contribution in [3.8, 4) is 0 Å². The summed E-state index contributed by atoms with van der Waals surface area (Å²) in [5.74, 6) is 0.333. The zero-order valence-electron chi connectivity index (χ0n) is 16.5. The van der Waals surface area contributed by atoms with Gasteiger partial charge < -0.3 is 15.0 Å². The second-order valence-corrected chi connectivity index (χ2v) is 8.11. The Morgan fingerprint density at radius 1 is 1.07 bits per heavy atom. The molecule has 2 N–H and O–H groups in total. The van der Waals surface area contributed by atoms with E-state index in [0.29, 0.717) is 24.1 Å². The Kier molecular flexibility index (Phi) is 4.51. The first-order chi connectivity index (χ1) is 14.6. The smallest absolute Gasteiger partial charge is 0.256 e. The van der Waals surface area contributed by atoms with Gasteiger partial charge in [0.25, 0.3) is 11.5 Å². The normalized spacial score (nSPS) is 17.8. The van der Waals surface area contributed by atoms with Crippen molar-refractivity contribution < 1.29 is 9.90 Å². The van der Waals surface area contributed by atoms with Gasteiger partial charge in [-0.25, -0.2) is 4.98 Å². The summed E-state index contributed by atoms with van der Waals surface area (Å²) in [5, 5.41) is 10.5. The van der Waals surface area contributed by atoms with Crippen LogP contribution in [0.5, 0.6) is 0 Å². The van der Waals surface area contributed by atoms with Gasteiger partial charge in [-0.15, -0.1) is 0 Å². The zero-order chi connectivity index (χ0) is 20.7. The van der Waals surface area contributed by atoms with E-state index in [9.17, 15) is 14.7 Å². The zero-order valence-corrected chi connectivity index (χ0v) is 16.5. The van der Waals surface area contributed by atoms with Crippen LogP contribution in [-0.4, -0.2) is 32.4 Å². The third-order valence-electron chi connectivity index (χ3n) is 6.26. The predicted octanol–water partition coefficient (Wildman–Crippen LogP) is 2.47. The van der Waals surface area contributed by atoms with Gasteiger partial charge in [0.1, 0.15) is 5.82 Å². The number of benzene rings is 2. The Hall–Kier alpha value is -3.25. The number of nitrogens with one attached hydrogen (secondary N) is 1. The average molecular weight is 401 g/mol. The van der Waals surface area contributed by atoms with Gasteiger partial charge in [-0.1, -0.05) is 60.7 Å². The number of aromatic amines is 1. The fraction of sp³-hybridized carbons (Fsp3) is 0.292. The van der Waals surface area contributed by atoms with E-state index in [2.05, 4.69) is 17.1 Å². The first-order valence-electron chi connectivity index (χ1n) is 10.3. The van der Waals surface area contributed by atoms with Gasteiger partial charge >= 0.3 is 0 Å². The molecule has 2 heterocycles. The largest absolute Gasteiger partial charge is 0.378 e. The molecule has 2 aromatic carbocycles. The molecular formula is C24H23N3O3. The van der Waals surface area contributed by atoms with Crippen molar-refractivity contribution in [1.82, 2.24) is 14.9 Å². The minimum Gasteiger partial charge on any atom is -0.378 e. The molecule has 0 spiro atoms. The maximum Gasteiger partial charge on any atom is 0.256 e. The van der Waals surface area contributed by atoms with Gasteiger partial charge in [0, 0.05) is 13.0 Å². The Morgan fingerprint density at radius 3 is 2.40 bits per heavy atom. The van der Waals surface area contributed by atoms with Crippen molar-refractivity contribution in [3.63, 3.8) is 0 Å². The number of aromatic nitrogens is 2. The first-order valence-corrected chi connectivity index (χ1v) is 10.3. The molecule has 1 aromatic heterocycles. The lowest BCUT2D eigenvalue weighted by Gasteiger charge is -2.30. The topological polar surface area (TPSA) is 86.3 Å². The molecule has 1 aliphatic heterocycles. The number of aliphatic hydroxyl groups excluding tert-OH is 1. The molecule has 6 nitrogen and oxygen atoms in total. The second kappa shape index (κ2) is 7.22. The van der Waals surface area contributed by atoms with Crippen molar-refractivity contribution >= 4 is 5.91 Å². The summed E-state index contributed by atoms with van der Waals surface area (Å²) in [5.41, 5.74) is 2.60. The van der Waals surface area contributed by atoms with Gasteiger partial charge in [0.2, 0.25) is 0 Å². The molecule has 1 fully saturated rings. The highest BCUT2D eigenvalue weighted by atomic mass is 16.3. The van der Waals surface area contributed by atoms with Crippen LogP contribution >= 0.6 is 0 Å². The summed E-state index contributed by atoms with van der Waals surface area (Å²) in [6.07, 6.45) is 1.20. The maximum absolute atomic E-state index is 12.9. The molecule has 0 unspecified atom stereocenters. The van der Waals surface area contributed by atoms with E-state index in [0.717, 1.165) is 24.4 Å². The summed E-state index contributed by atoms with van der Waals surface area (Å²) < 4.78 is 0. The molecule has 1 atom stereocenters. The van der Waals surface area contributed by atoms with Crippen LogP contribution in [0.25, 0.3) is 0 Å². The lowest BCUT2D eigenvalue weighted by Crippen LogP contribution is -2.42. The molecule has 3 aromatic rings. The number of nitrogens with zero attached hydrogens (tertiary/aromatic N) is 2. The molecule has 2 aliphatic rings. The number of H-pyrrole nitrogens is 1. The number of carbonyl (C=O) groups is 1. The van der Waals surface area contributed by atoms with Crippen LogP contribution in [0.2, 0.25) is 0 Å². The van der Waals surface area contributed by atoms with Crippen molar-refractivity contribution in [2.45, 2.75) is 37.3 Å². The predicted molar refractivity (Wildman–Crippen MR) is 112 cm³/mol. The summed E-state index contributed by atoms with van der Waals surface area (Å²) >= 11 is 0. The second-order valence-electron chi connectivity index (χ2n) is 8.11. The van der Waals surface area contributed by atoms with Crippen LogP contribution in [0.4, 0.5) is 0 Å². The minimum absolute atomic E-state index is 0.166. The molecule has 152 valence electrons. The van der Waals surface area contributed by atoms with Crippen LogP contribution in [0.1, 0.15) is 47.2 Å². The molecule has 1 saturated carbocycles. The van der Waals surface area contributed by atoms with E-state index >= 15 is 0 Å². The number of amides is 1. The van der Waals surface area contributed by atoms with Gasteiger partial charge in [-0.05, 0) is 24.0 Å². The van der Waals surface area contributed by atoms with Crippen molar-refractivity contribution in [2.75, 3.05) is 6.54 Å². The lowest BCUT2D eigenvalue weighted by molar-refractivity contribution is -0.141. The number of hydrogen-bond donors (Lipinski definition) is 2. The SMILES string of the molecule is O=C([C@@H](O)c1ccccc1)N1CCc2nc(C3(c4ccccc4)CC3)[nH]c(=O)c2C1. The van der Waals surface area contributed by atoms with Gasteiger partial charge in [-0.2, -0.15) is 0 Å². The summed E-state index contributed by atoms with van der Waals surface area (Å²) in [7, 11) is 0. The van der Waals surface area contributed by atoms with Crippen molar-refractivity contribution in [2.24, 2.45) is 0 Å². The molecule has 1 amide bonds. The molecule has 0 bridgehead atoms. The van der Waals surface area contributed by atoms with Crippen LogP contribution in [0.3, 0.4) is 0 Å². The Labute approximate surface area is 174 Å². The molecule has 0 radical (unpaired) electrons. The molecule has 1 aliphatic carbocycles. The van der Waals surface area contributed by atoms with Crippen LogP contribution in [0, 0.1) is 0 Å². The van der Waals surface area contributed by atoms with Crippen LogP contribution in [-0.2, 0) is 23.2 Å². The van der Waals surface area contributed by atoms with Crippen LogP contribution < -0.4 is 5.56 Å². The monoisotopic (exact) mass is 401 g/mol. The number of carbonyl (C=O) groups excluding carboxylic acids is 1. The molecule has 30 heavy (non-hydrogen) atoms. The quantitative estimate of drug-likeness (QED) is 0.703. The molecular weight excluding hydrogens is 378 g/mol. The number of rotatable bonds is 4. The Balaban J connectivity index is 1.41. The highest BCUT2D eigenvalue weighted by Crippen LogP contribution is 2.51. The van der Waals surface area contributed by atoms with E-state index in [1.807, 2.05) is 24.3 Å². The maximum atomic E-state index is 12.9. The average Bonchev–Trinajstić information content (AvgIpc) is 3.61. The fourth-order valence-electron chi connectivity index (χ4n) is 4.34. The number of hydrogen-bond acceptors (Lipinski definition) is 4. The summed E-state index contributed by atoms with van der Waals surface area (Å²) in [6.45, 7) is 0.600. The summed E-state index contributed by atoms with van der Waals surface area (Å²) in [6, 6.07) is 19.0. The molecule has 0 saturated heterocycles. The van der Waals surface area contributed by atoms with Gasteiger partial charge in [-0.3, -0.25) is 9.59 Å². The lowest BCUT2D eigenvalue weighted by atomic mass is 9.94. The molecule has 6 heteroatoms. The molecule has 5 rings (SSSR count). The van der Waals surface area contributed by atoms with Crippen molar-refractivity contribution in [1.29, 1.82) is 0 Å². The van der Waals surface area contributed by atoms with E-state index in [-0.39, 0.29) is 17.5 Å².